The molecule has 0 saturated carbocycles. The lowest BCUT2D eigenvalue weighted by molar-refractivity contribution is 0.196. The molecule has 0 saturated heterocycles. The first kappa shape index (κ1) is 8.14. The van der Waals surface area contributed by atoms with Gasteiger partial charge in [0.1, 0.15) is 6.33 Å². The van der Waals surface area contributed by atoms with Crippen LogP contribution in [0.1, 0.15) is 30.0 Å². The van der Waals surface area contributed by atoms with Crippen LogP contribution < -0.4 is 0 Å². The molecule has 0 amide bonds. The summed E-state index contributed by atoms with van der Waals surface area (Å²) in [6.45, 7) is 5.46. The molecule has 0 aliphatic rings. The number of aromatic nitrogens is 2. The van der Waals surface area contributed by atoms with Crippen LogP contribution in [0.5, 0.6) is 0 Å². The highest BCUT2D eigenvalue weighted by Crippen LogP contribution is 2.16. The zero-order valence-electron chi connectivity index (χ0n) is 7.00. The van der Waals surface area contributed by atoms with E-state index >= 15 is 0 Å². The lowest BCUT2D eigenvalue weighted by Crippen LogP contribution is -2.02. The quantitative estimate of drug-likeness (QED) is 0.656. The van der Waals surface area contributed by atoms with Crippen LogP contribution in [0.15, 0.2) is 6.33 Å². The Balaban J connectivity index is 3.21. The van der Waals surface area contributed by atoms with E-state index in [2.05, 4.69) is 9.97 Å². The van der Waals surface area contributed by atoms with Gasteiger partial charge in [-0.3, -0.25) is 0 Å². The molecule has 1 unspecified atom stereocenters. The van der Waals surface area contributed by atoms with Gasteiger partial charge in [0.2, 0.25) is 0 Å². The van der Waals surface area contributed by atoms with Gasteiger partial charge in [-0.15, -0.1) is 0 Å². The Morgan fingerprint density at radius 2 is 1.73 bits per heavy atom. The Morgan fingerprint density at radius 3 is 2.00 bits per heavy atom. The van der Waals surface area contributed by atoms with Gasteiger partial charge in [-0.05, 0) is 20.8 Å². The van der Waals surface area contributed by atoms with E-state index in [1.807, 2.05) is 13.8 Å². The molecule has 1 heterocycles. The van der Waals surface area contributed by atoms with Crippen LogP contribution in [0.2, 0.25) is 0 Å². The number of hydrogen-bond donors (Lipinski definition) is 1. The van der Waals surface area contributed by atoms with Crippen molar-refractivity contribution in [3.63, 3.8) is 0 Å². The van der Waals surface area contributed by atoms with Crippen LogP contribution in [0.25, 0.3) is 0 Å². The number of aryl methyl sites for hydroxylation is 2. The Morgan fingerprint density at radius 1 is 1.27 bits per heavy atom. The molecule has 0 radical (unpaired) electrons. The normalized spacial score (nSPS) is 13.1. The molecule has 0 aliphatic heterocycles. The topological polar surface area (TPSA) is 46.0 Å². The summed E-state index contributed by atoms with van der Waals surface area (Å²) in [4.78, 5) is 7.98. The Hall–Kier alpha value is -0.960. The van der Waals surface area contributed by atoms with Gasteiger partial charge in [0.25, 0.3) is 0 Å². The number of rotatable bonds is 1. The highest BCUT2D eigenvalue weighted by Gasteiger charge is 2.08. The SMILES string of the molecule is Cc1ncnc(C)c1C(C)O. The van der Waals surface area contributed by atoms with Crippen LogP contribution in [0.3, 0.4) is 0 Å². The lowest BCUT2D eigenvalue weighted by Gasteiger charge is -2.09. The minimum atomic E-state index is -0.476. The zero-order valence-corrected chi connectivity index (χ0v) is 7.00. The second-order valence-electron chi connectivity index (χ2n) is 2.63. The third kappa shape index (κ3) is 1.54. The number of hydrogen-bond acceptors (Lipinski definition) is 3. The van der Waals surface area contributed by atoms with Gasteiger partial charge in [-0.2, -0.15) is 0 Å². The summed E-state index contributed by atoms with van der Waals surface area (Å²) >= 11 is 0. The van der Waals surface area contributed by atoms with Gasteiger partial charge in [-0.25, -0.2) is 9.97 Å². The second-order valence-corrected chi connectivity index (χ2v) is 2.63. The van der Waals surface area contributed by atoms with Crippen molar-refractivity contribution in [1.29, 1.82) is 0 Å². The Bertz CT molecular complexity index is 238. The molecule has 0 spiro atoms. The van der Waals surface area contributed by atoms with E-state index in [4.69, 9.17) is 0 Å². The molecule has 60 valence electrons. The molecule has 11 heavy (non-hydrogen) atoms. The van der Waals surface area contributed by atoms with Gasteiger partial charge in [0, 0.05) is 17.0 Å². The number of aliphatic hydroxyl groups excluding tert-OH is 1. The van der Waals surface area contributed by atoms with E-state index in [1.165, 1.54) is 6.33 Å². The minimum absolute atomic E-state index is 0.476. The molecule has 0 aliphatic carbocycles. The number of aliphatic hydroxyl groups is 1. The summed E-state index contributed by atoms with van der Waals surface area (Å²) in [5, 5.41) is 9.31. The van der Waals surface area contributed by atoms with E-state index in [1.54, 1.807) is 6.92 Å². The summed E-state index contributed by atoms with van der Waals surface area (Å²) in [7, 11) is 0. The van der Waals surface area contributed by atoms with Crippen LogP contribution in [-0.4, -0.2) is 15.1 Å². The fourth-order valence-corrected chi connectivity index (χ4v) is 1.21. The number of nitrogens with zero attached hydrogens (tertiary/aromatic N) is 2. The molecule has 1 N–H and O–H groups in total. The van der Waals surface area contributed by atoms with Crippen LogP contribution in [-0.2, 0) is 0 Å². The van der Waals surface area contributed by atoms with Crippen molar-refractivity contribution in [2.45, 2.75) is 26.9 Å². The maximum absolute atomic E-state index is 9.31. The maximum atomic E-state index is 9.31. The standard InChI is InChI=1S/C8H12N2O/c1-5-8(7(3)11)6(2)10-4-9-5/h4,7,11H,1-3H3. The van der Waals surface area contributed by atoms with E-state index in [9.17, 15) is 5.11 Å². The molecule has 3 heteroatoms. The van der Waals surface area contributed by atoms with Crippen LogP contribution in [0, 0.1) is 13.8 Å². The summed E-state index contributed by atoms with van der Waals surface area (Å²) in [6, 6.07) is 0. The van der Waals surface area contributed by atoms with Crippen molar-refractivity contribution in [1.82, 2.24) is 9.97 Å². The predicted octanol–water partition coefficient (Wildman–Crippen LogP) is 1.15. The molecule has 1 rings (SSSR count). The largest absolute Gasteiger partial charge is 0.389 e. The van der Waals surface area contributed by atoms with E-state index < -0.39 is 6.10 Å². The average Bonchev–Trinajstić information content (AvgIpc) is 1.85. The van der Waals surface area contributed by atoms with Gasteiger partial charge in [0.05, 0.1) is 6.10 Å². The molecule has 1 atom stereocenters. The molecular formula is C8H12N2O. The van der Waals surface area contributed by atoms with Crippen LogP contribution in [0.4, 0.5) is 0 Å². The molecule has 0 bridgehead atoms. The van der Waals surface area contributed by atoms with Crippen molar-refractivity contribution >= 4 is 0 Å². The highest BCUT2D eigenvalue weighted by atomic mass is 16.3. The third-order valence-electron chi connectivity index (χ3n) is 1.70. The summed E-state index contributed by atoms with van der Waals surface area (Å²) in [5.74, 6) is 0. The fraction of sp³-hybridized carbons (Fsp3) is 0.500. The highest BCUT2D eigenvalue weighted by molar-refractivity contribution is 5.24. The molecule has 3 nitrogen and oxygen atoms in total. The first-order valence-electron chi connectivity index (χ1n) is 3.59. The van der Waals surface area contributed by atoms with Crippen molar-refractivity contribution < 1.29 is 5.11 Å². The fourth-order valence-electron chi connectivity index (χ4n) is 1.21. The van der Waals surface area contributed by atoms with E-state index in [0.717, 1.165) is 17.0 Å². The summed E-state index contributed by atoms with van der Waals surface area (Å²) in [6.07, 6.45) is 1.03. The second kappa shape index (κ2) is 2.96. The lowest BCUT2D eigenvalue weighted by atomic mass is 10.1. The van der Waals surface area contributed by atoms with Gasteiger partial charge < -0.3 is 5.11 Å². The summed E-state index contributed by atoms with van der Waals surface area (Å²) < 4.78 is 0. The molecular weight excluding hydrogens is 140 g/mol. The average molecular weight is 152 g/mol. The van der Waals surface area contributed by atoms with Crippen molar-refractivity contribution in [2.75, 3.05) is 0 Å². The third-order valence-corrected chi connectivity index (χ3v) is 1.70. The van der Waals surface area contributed by atoms with Crippen molar-refractivity contribution in [3.05, 3.63) is 23.3 Å². The first-order valence-corrected chi connectivity index (χ1v) is 3.59. The summed E-state index contributed by atoms with van der Waals surface area (Å²) in [5.41, 5.74) is 2.55. The molecule has 1 aromatic rings. The zero-order chi connectivity index (χ0) is 8.43. The van der Waals surface area contributed by atoms with Gasteiger partial charge >= 0.3 is 0 Å². The monoisotopic (exact) mass is 152 g/mol. The minimum Gasteiger partial charge on any atom is -0.389 e. The maximum Gasteiger partial charge on any atom is 0.115 e. The molecule has 1 aromatic heterocycles. The van der Waals surface area contributed by atoms with E-state index in [0.29, 0.717) is 0 Å². The van der Waals surface area contributed by atoms with Gasteiger partial charge in [-0.1, -0.05) is 0 Å². The predicted molar refractivity (Wildman–Crippen MR) is 42.1 cm³/mol. The Kier molecular flexibility index (Phi) is 2.19. The first-order chi connectivity index (χ1) is 5.13. The van der Waals surface area contributed by atoms with Crippen molar-refractivity contribution in [3.8, 4) is 0 Å². The van der Waals surface area contributed by atoms with Crippen LogP contribution >= 0.6 is 0 Å². The van der Waals surface area contributed by atoms with Crippen molar-refractivity contribution in [2.24, 2.45) is 0 Å². The van der Waals surface area contributed by atoms with Gasteiger partial charge in [0.15, 0.2) is 0 Å². The molecule has 0 aromatic carbocycles. The van der Waals surface area contributed by atoms with E-state index in [-0.39, 0.29) is 0 Å². The Labute approximate surface area is 66.1 Å². The molecule has 0 fully saturated rings. The smallest absolute Gasteiger partial charge is 0.115 e.